The summed E-state index contributed by atoms with van der Waals surface area (Å²) in [6, 6.07) is 0. The van der Waals surface area contributed by atoms with Gasteiger partial charge in [-0.1, -0.05) is 0 Å². The Morgan fingerprint density at radius 2 is 2.14 bits per heavy atom. The maximum atomic E-state index is 12.5. The van der Waals surface area contributed by atoms with Crippen molar-refractivity contribution in [3.8, 4) is 11.6 Å². The minimum atomic E-state index is -0.575. The molecule has 2 rings (SSSR count). The second kappa shape index (κ2) is 6.32. The molecule has 0 saturated carbocycles. The summed E-state index contributed by atoms with van der Waals surface area (Å²) in [7, 11) is 0. The lowest BCUT2D eigenvalue weighted by Gasteiger charge is -2.32. The van der Waals surface area contributed by atoms with Crippen LogP contribution in [0, 0.1) is 0 Å². The molecule has 22 heavy (non-hydrogen) atoms. The average molecular weight is 373 g/mol. The van der Waals surface area contributed by atoms with Crippen molar-refractivity contribution < 1.29 is 19.0 Å². The molecule has 0 aromatic carbocycles. The van der Waals surface area contributed by atoms with Gasteiger partial charge in [0.1, 0.15) is 12.2 Å². The first-order chi connectivity index (χ1) is 10.2. The third-order valence-electron chi connectivity index (χ3n) is 2.72. The zero-order valence-electron chi connectivity index (χ0n) is 13.5. The molecule has 0 spiro atoms. The first-order valence-corrected chi connectivity index (χ1v) is 7.97. The molecule has 0 fully saturated rings. The van der Waals surface area contributed by atoms with Crippen LogP contribution in [-0.2, 0) is 4.74 Å². The summed E-state index contributed by atoms with van der Waals surface area (Å²) < 4.78 is 17.5. The number of fused-ring (bicyclic) bond motifs is 1. The molecule has 0 N–H and O–H groups in total. The van der Waals surface area contributed by atoms with Gasteiger partial charge in [-0.25, -0.2) is 9.78 Å². The van der Waals surface area contributed by atoms with Gasteiger partial charge >= 0.3 is 6.09 Å². The van der Waals surface area contributed by atoms with E-state index in [1.54, 1.807) is 6.20 Å². The van der Waals surface area contributed by atoms with E-state index in [1.165, 1.54) is 4.90 Å². The van der Waals surface area contributed by atoms with Gasteiger partial charge in [-0.05, 0) is 50.5 Å². The summed E-state index contributed by atoms with van der Waals surface area (Å²) in [6.45, 7) is 10.1. The van der Waals surface area contributed by atoms with Crippen LogP contribution in [0.5, 0.6) is 11.6 Å². The van der Waals surface area contributed by atoms with Crippen molar-refractivity contribution in [2.75, 3.05) is 18.1 Å². The van der Waals surface area contributed by atoms with Gasteiger partial charge in [0.25, 0.3) is 0 Å². The van der Waals surface area contributed by atoms with Gasteiger partial charge in [0.15, 0.2) is 11.4 Å². The summed E-state index contributed by atoms with van der Waals surface area (Å²) in [4.78, 5) is 18.2. The predicted octanol–water partition coefficient (Wildman–Crippen LogP) is 3.77. The predicted molar refractivity (Wildman–Crippen MR) is 86.8 cm³/mol. The van der Waals surface area contributed by atoms with Crippen molar-refractivity contribution in [1.82, 2.24) is 4.98 Å². The lowest BCUT2D eigenvalue weighted by molar-refractivity contribution is 0.0564. The van der Waals surface area contributed by atoms with E-state index in [9.17, 15) is 4.79 Å². The molecule has 0 atom stereocenters. The Balaban J connectivity index is 2.43. The minimum Gasteiger partial charge on any atom is -0.487 e. The standard InChI is InChI=1S/C15H21BrN2O4/c1-9(2)21-12-10(16)8-17-13-11(12)18(6-7-20-13)14(19)22-15(3,4)5/h8-9H,6-7H2,1-5H3. The highest BCUT2D eigenvalue weighted by molar-refractivity contribution is 9.10. The highest BCUT2D eigenvalue weighted by Crippen LogP contribution is 2.44. The van der Waals surface area contributed by atoms with Crippen molar-refractivity contribution in [2.45, 2.75) is 46.3 Å². The van der Waals surface area contributed by atoms with Gasteiger partial charge in [0.2, 0.25) is 5.88 Å². The fourth-order valence-corrected chi connectivity index (χ4v) is 2.37. The second-order valence-electron chi connectivity index (χ2n) is 6.24. The van der Waals surface area contributed by atoms with Crippen LogP contribution in [0.1, 0.15) is 34.6 Å². The molecule has 122 valence electrons. The van der Waals surface area contributed by atoms with Crippen LogP contribution in [0.2, 0.25) is 0 Å². The molecule has 7 heteroatoms. The summed E-state index contributed by atoms with van der Waals surface area (Å²) >= 11 is 3.42. The third kappa shape index (κ3) is 3.82. The first-order valence-electron chi connectivity index (χ1n) is 7.17. The van der Waals surface area contributed by atoms with E-state index in [1.807, 2.05) is 34.6 Å². The molecule has 0 aliphatic carbocycles. The number of carbonyl (C=O) groups is 1. The van der Waals surface area contributed by atoms with Crippen molar-refractivity contribution in [3.05, 3.63) is 10.7 Å². The van der Waals surface area contributed by atoms with Crippen LogP contribution < -0.4 is 14.4 Å². The number of amides is 1. The molecule has 6 nitrogen and oxygen atoms in total. The highest BCUT2D eigenvalue weighted by Gasteiger charge is 2.33. The molecule has 0 radical (unpaired) electrons. The number of nitrogens with zero attached hydrogens (tertiary/aromatic N) is 2. The number of rotatable bonds is 2. The number of halogens is 1. The Hall–Kier alpha value is -1.50. The van der Waals surface area contributed by atoms with E-state index < -0.39 is 11.7 Å². The molecule has 1 aliphatic rings. The van der Waals surface area contributed by atoms with Gasteiger partial charge in [-0.3, -0.25) is 4.90 Å². The number of hydrogen-bond donors (Lipinski definition) is 0. The monoisotopic (exact) mass is 372 g/mol. The Kier molecular flexibility index (Phi) is 4.84. The van der Waals surface area contributed by atoms with Gasteiger partial charge in [-0.15, -0.1) is 0 Å². The fraction of sp³-hybridized carbons (Fsp3) is 0.600. The van der Waals surface area contributed by atoms with Crippen LogP contribution in [0.25, 0.3) is 0 Å². The zero-order valence-corrected chi connectivity index (χ0v) is 15.1. The first kappa shape index (κ1) is 16.9. The molecule has 0 saturated heterocycles. The van der Waals surface area contributed by atoms with Crippen LogP contribution in [0.4, 0.5) is 10.5 Å². The third-order valence-corrected chi connectivity index (χ3v) is 3.29. The average Bonchev–Trinajstić information content (AvgIpc) is 2.39. The Morgan fingerprint density at radius 1 is 1.45 bits per heavy atom. The van der Waals surface area contributed by atoms with Crippen LogP contribution in [0.3, 0.4) is 0 Å². The molecule has 1 aromatic heterocycles. The smallest absolute Gasteiger partial charge is 0.415 e. The van der Waals surface area contributed by atoms with Crippen LogP contribution in [0.15, 0.2) is 10.7 Å². The second-order valence-corrected chi connectivity index (χ2v) is 7.09. The molecule has 0 bridgehead atoms. The number of anilines is 1. The minimum absolute atomic E-state index is 0.0507. The lowest BCUT2D eigenvalue weighted by Crippen LogP contribution is -2.42. The van der Waals surface area contributed by atoms with E-state index in [2.05, 4.69) is 20.9 Å². The number of pyridine rings is 1. The molecule has 1 aromatic rings. The highest BCUT2D eigenvalue weighted by atomic mass is 79.9. The lowest BCUT2D eigenvalue weighted by atomic mass is 10.2. The topological polar surface area (TPSA) is 60.9 Å². The molecular weight excluding hydrogens is 352 g/mol. The van der Waals surface area contributed by atoms with E-state index in [4.69, 9.17) is 14.2 Å². The number of hydrogen-bond acceptors (Lipinski definition) is 5. The summed E-state index contributed by atoms with van der Waals surface area (Å²) in [6.07, 6.45) is 1.12. The quantitative estimate of drug-likeness (QED) is 0.790. The van der Waals surface area contributed by atoms with E-state index in [-0.39, 0.29) is 6.10 Å². The maximum Gasteiger partial charge on any atom is 0.415 e. The molecule has 0 unspecified atom stereocenters. The Morgan fingerprint density at radius 3 is 2.73 bits per heavy atom. The normalized spacial score (nSPS) is 14.4. The van der Waals surface area contributed by atoms with E-state index in [0.29, 0.717) is 34.9 Å². The van der Waals surface area contributed by atoms with Crippen molar-refractivity contribution in [2.24, 2.45) is 0 Å². The van der Waals surface area contributed by atoms with Crippen molar-refractivity contribution >= 4 is 27.7 Å². The summed E-state index contributed by atoms with van der Waals surface area (Å²) in [5.41, 5.74) is -0.0720. The van der Waals surface area contributed by atoms with Gasteiger partial charge in [0, 0.05) is 6.20 Å². The van der Waals surface area contributed by atoms with Crippen molar-refractivity contribution in [1.29, 1.82) is 0 Å². The number of ether oxygens (including phenoxy) is 3. The largest absolute Gasteiger partial charge is 0.487 e. The summed E-state index contributed by atoms with van der Waals surface area (Å²) in [5.74, 6) is 0.904. The fourth-order valence-electron chi connectivity index (χ4n) is 1.98. The Bertz CT molecular complexity index is 569. The van der Waals surface area contributed by atoms with Gasteiger partial charge in [0.05, 0.1) is 17.1 Å². The van der Waals surface area contributed by atoms with Gasteiger partial charge < -0.3 is 14.2 Å². The molecule has 2 heterocycles. The maximum absolute atomic E-state index is 12.5. The van der Waals surface area contributed by atoms with Crippen molar-refractivity contribution in [3.63, 3.8) is 0 Å². The molecular formula is C15H21BrN2O4. The Labute approximate surface area is 138 Å². The number of carbonyl (C=O) groups excluding carboxylic acids is 1. The summed E-state index contributed by atoms with van der Waals surface area (Å²) in [5, 5.41) is 0. The van der Waals surface area contributed by atoms with Crippen LogP contribution >= 0.6 is 15.9 Å². The van der Waals surface area contributed by atoms with Gasteiger partial charge in [-0.2, -0.15) is 0 Å². The molecule has 1 aliphatic heterocycles. The SMILES string of the molecule is CC(C)Oc1c(Br)cnc2c1N(C(=O)OC(C)(C)C)CCO2. The van der Waals surface area contributed by atoms with Crippen LogP contribution in [-0.4, -0.2) is 35.9 Å². The van der Waals surface area contributed by atoms with E-state index in [0.717, 1.165) is 0 Å². The van der Waals surface area contributed by atoms with E-state index >= 15 is 0 Å². The molecule has 1 amide bonds. The number of aromatic nitrogens is 1. The zero-order chi connectivity index (χ0) is 16.5.